The molecule has 0 unspecified atom stereocenters. The van der Waals surface area contributed by atoms with Crippen LogP contribution in [0, 0.1) is 6.92 Å². The van der Waals surface area contributed by atoms with Crippen LogP contribution in [0.2, 0.25) is 0 Å². The normalized spacial score (nSPS) is 11.6. The number of nitrogens with one attached hydrogen (secondary N) is 1. The Hall–Kier alpha value is -3.61. The van der Waals surface area contributed by atoms with E-state index in [0.717, 1.165) is 43.2 Å². The summed E-state index contributed by atoms with van der Waals surface area (Å²) in [7, 11) is 0. The lowest BCUT2D eigenvalue weighted by atomic mass is 10.0. The minimum Gasteiger partial charge on any atom is -0.508 e. The number of primary amides is 1. The van der Waals surface area contributed by atoms with E-state index in [0.29, 0.717) is 16.5 Å². The molecule has 0 aliphatic carbocycles. The molecule has 162 valence electrons. The van der Waals surface area contributed by atoms with E-state index >= 15 is 0 Å². The number of phenols is 1. The first-order valence-corrected chi connectivity index (χ1v) is 10.4. The molecule has 3 aromatic rings. The second kappa shape index (κ2) is 9.93. The number of carbonyl (C=O) groups is 2. The molecule has 0 spiro atoms. The van der Waals surface area contributed by atoms with E-state index in [1.807, 2.05) is 19.1 Å². The summed E-state index contributed by atoms with van der Waals surface area (Å²) in [5, 5.41) is 14.9. The number of aromatic hydroxyl groups is 1. The molecule has 4 N–H and O–H groups in total. The van der Waals surface area contributed by atoms with Gasteiger partial charge in [0.15, 0.2) is 0 Å². The predicted molar refractivity (Wildman–Crippen MR) is 118 cm³/mol. The second-order valence-electron chi connectivity index (χ2n) is 7.58. The van der Waals surface area contributed by atoms with Crippen LogP contribution < -0.4 is 16.7 Å². The van der Waals surface area contributed by atoms with Crippen molar-refractivity contribution < 1.29 is 19.1 Å². The maximum Gasteiger partial charge on any atom is 0.271 e. The zero-order valence-electron chi connectivity index (χ0n) is 17.8. The molecular formula is C24H27N3O4. The lowest BCUT2D eigenvalue weighted by Gasteiger charge is -2.08. The first kappa shape index (κ1) is 22.1. The Morgan fingerprint density at radius 1 is 1.10 bits per heavy atom. The van der Waals surface area contributed by atoms with E-state index < -0.39 is 11.8 Å². The summed E-state index contributed by atoms with van der Waals surface area (Å²) < 4.78 is 5.70. The third-order valence-electron chi connectivity index (χ3n) is 5.09. The van der Waals surface area contributed by atoms with E-state index in [4.69, 9.17) is 10.2 Å². The Balaban J connectivity index is 1.92. The zero-order valence-corrected chi connectivity index (χ0v) is 17.8. The fourth-order valence-electron chi connectivity index (χ4n) is 3.28. The van der Waals surface area contributed by atoms with Gasteiger partial charge in [-0.3, -0.25) is 9.59 Å². The fraction of sp³-hybridized carbons (Fsp3) is 0.292. The Morgan fingerprint density at radius 2 is 1.84 bits per heavy atom. The molecule has 31 heavy (non-hydrogen) atoms. The molecule has 1 heterocycles. The molecule has 0 aliphatic rings. The summed E-state index contributed by atoms with van der Waals surface area (Å²) >= 11 is 0. The van der Waals surface area contributed by atoms with Gasteiger partial charge in [0.05, 0.1) is 0 Å². The van der Waals surface area contributed by atoms with E-state index in [1.165, 1.54) is 6.07 Å². The van der Waals surface area contributed by atoms with Crippen molar-refractivity contribution in [1.29, 1.82) is 0 Å². The van der Waals surface area contributed by atoms with Crippen LogP contribution in [-0.2, 0) is 6.42 Å². The average Bonchev–Trinajstić information content (AvgIpc) is 2.75. The highest BCUT2D eigenvalue weighted by molar-refractivity contribution is 5.96. The first-order chi connectivity index (χ1) is 14.9. The molecule has 0 saturated carbocycles. The summed E-state index contributed by atoms with van der Waals surface area (Å²) in [6.07, 6.45) is 5.06. The Kier molecular flexibility index (Phi) is 7.07. The number of benzene rings is 2. The highest BCUT2D eigenvalue weighted by Gasteiger charge is 2.13. The minimum atomic E-state index is -0.730. The van der Waals surface area contributed by atoms with Crippen molar-refractivity contribution in [2.24, 2.45) is 10.8 Å². The molecule has 7 heteroatoms. The van der Waals surface area contributed by atoms with Crippen molar-refractivity contribution in [3.8, 4) is 5.75 Å². The number of rotatable bonds is 8. The van der Waals surface area contributed by atoms with Crippen molar-refractivity contribution >= 4 is 22.8 Å². The highest BCUT2D eigenvalue weighted by atomic mass is 16.3. The maximum absolute atomic E-state index is 12.3. The molecule has 2 aromatic carbocycles. The van der Waals surface area contributed by atoms with Gasteiger partial charge in [-0.1, -0.05) is 43.9 Å². The number of carbonyl (C=O) groups excluding carboxylic acids is 2. The third-order valence-corrected chi connectivity index (χ3v) is 5.09. The first-order valence-electron chi connectivity index (χ1n) is 10.4. The molecule has 0 aliphatic heterocycles. The molecule has 0 atom stereocenters. The molecule has 0 bridgehead atoms. The summed E-state index contributed by atoms with van der Waals surface area (Å²) in [6, 6.07) is 11.8. The monoisotopic (exact) mass is 421 g/mol. The smallest absolute Gasteiger partial charge is 0.271 e. The van der Waals surface area contributed by atoms with Crippen molar-refractivity contribution in [3.05, 3.63) is 70.3 Å². The van der Waals surface area contributed by atoms with Crippen molar-refractivity contribution in [2.45, 2.75) is 46.0 Å². The summed E-state index contributed by atoms with van der Waals surface area (Å²) in [5.74, 6) is -1.06. The van der Waals surface area contributed by atoms with Gasteiger partial charge in [0.25, 0.3) is 11.8 Å². The van der Waals surface area contributed by atoms with Crippen LogP contribution in [-0.4, -0.2) is 16.9 Å². The van der Waals surface area contributed by atoms with Gasteiger partial charge in [0.2, 0.25) is 5.55 Å². The third kappa shape index (κ3) is 5.51. The van der Waals surface area contributed by atoms with Crippen LogP contribution in [0.5, 0.6) is 5.75 Å². The van der Waals surface area contributed by atoms with Gasteiger partial charge in [0, 0.05) is 17.0 Å². The standard InChI is InChI=1S/C24H27N3O4/c1-3-4-5-6-7-17-12-18-13-19(22(25)29)24(31-21(18)14-20(17)28)27-26-23(30)16-10-8-15(2)9-11-16/h8-14,28H,3-7H2,1-2H3,(H2,25,29)(H,26,30). The zero-order chi connectivity index (χ0) is 22.4. The van der Waals surface area contributed by atoms with Crippen molar-refractivity contribution in [1.82, 2.24) is 5.43 Å². The van der Waals surface area contributed by atoms with Gasteiger partial charge < -0.3 is 15.3 Å². The summed E-state index contributed by atoms with van der Waals surface area (Å²) in [4.78, 5) is 24.3. The van der Waals surface area contributed by atoms with Gasteiger partial charge >= 0.3 is 0 Å². The van der Waals surface area contributed by atoms with Crippen LogP contribution in [0.4, 0.5) is 0 Å². The van der Waals surface area contributed by atoms with Crippen LogP contribution in [0.15, 0.2) is 52.0 Å². The van der Waals surface area contributed by atoms with Gasteiger partial charge in [-0.2, -0.15) is 0 Å². The number of amides is 2. The van der Waals surface area contributed by atoms with Crippen LogP contribution in [0.1, 0.15) is 64.4 Å². The van der Waals surface area contributed by atoms with Crippen LogP contribution >= 0.6 is 0 Å². The maximum atomic E-state index is 12.3. The van der Waals surface area contributed by atoms with Gasteiger partial charge in [-0.05, 0) is 49.6 Å². The number of hydrogen-bond donors (Lipinski definition) is 3. The molecule has 3 rings (SSSR count). The number of nitrogens with two attached hydrogens (primary N) is 1. The summed E-state index contributed by atoms with van der Waals surface area (Å²) in [5.41, 5.74) is 10.4. The van der Waals surface area contributed by atoms with E-state index in [-0.39, 0.29) is 16.9 Å². The Labute approximate surface area is 180 Å². The molecule has 0 fully saturated rings. The topological polar surface area (TPSA) is 118 Å². The quantitative estimate of drug-likeness (QED) is 0.377. The number of nitrogens with zero attached hydrogens (tertiary/aromatic N) is 1. The molecule has 2 amide bonds. The lowest BCUT2D eigenvalue weighted by molar-refractivity contribution is 0.0946. The molecule has 0 radical (unpaired) electrons. The Bertz CT molecular complexity index is 1160. The highest BCUT2D eigenvalue weighted by Crippen LogP contribution is 2.26. The lowest BCUT2D eigenvalue weighted by Crippen LogP contribution is -2.27. The van der Waals surface area contributed by atoms with Crippen LogP contribution in [0.25, 0.3) is 11.0 Å². The van der Waals surface area contributed by atoms with Gasteiger partial charge in [-0.25, -0.2) is 5.43 Å². The van der Waals surface area contributed by atoms with Gasteiger partial charge in [0.1, 0.15) is 16.9 Å². The SMILES string of the molecule is CCCCCCc1cc2cc(C(N)=O)c(=NNC(=O)c3ccc(C)cc3)oc2cc1O. The second-order valence-corrected chi connectivity index (χ2v) is 7.58. The molecule has 1 aromatic heterocycles. The van der Waals surface area contributed by atoms with Crippen molar-refractivity contribution in [2.75, 3.05) is 0 Å². The Morgan fingerprint density at radius 3 is 2.52 bits per heavy atom. The number of hydrogen-bond acceptors (Lipinski definition) is 5. The van der Waals surface area contributed by atoms with Gasteiger partial charge in [-0.15, -0.1) is 5.10 Å². The molecule has 0 saturated heterocycles. The fourth-order valence-corrected chi connectivity index (χ4v) is 3.28. The molecular weight excluding hydrogens is 394 g/mol. The predicted octanol–water partition coefficient (Wildman–Crippen LogP) is 3.91. The number of unbranched alkanes of at least 4 members (excludes halogenated alkanes) is 3. The van der Waals surface area contributed by atoms with Crippen molar-refractivity contribution in [3.63, 3.8) is 0 Å². The summed E-state index contributed by atoms with van der Waals surface area (Å²) in [6.45, 7) is 4.07. The van der Waals surface area contributed by atoms with E-state index in [1.54, 1.807) is 24.3 Å². The van der Waals surface area contributed by atoms with E-state index in [2.05, 4.69) is 17.5 Å². The molecule has 7 nitrogen and oxygen atoms in total. The van der Waals surface area contributed by atoms with E-state index in [9.17, 15) is 14.7 Å². The average molecular weight is 421 g/mol. The van der Waals surface area contributed by atoms with Crippen LogP contribution in [0.3, 0.4) is 0 Å². The minimum absolute atomic E-state index is 0.0410. The number of aryl methyl sites for hydroxylation is 2. The number of phenolic OH excluding ortho intramolecular Hbond substituents is 1. The number of fused-ring (bicyclic) bond motifs is 1. The largest absolute Gasteiger partial charge is 0.508 e.